The lowest BCUT2D eigenvalue weighted by Crippen LogP contribution is -2.41. The van der Waals surface area contributed by atoms with Crippen molar-refractivity contribution < 1.29 is 9.13 Å². The Hall–Kier alpha value is -0.800. The standard InChI is InChI=1S/C13H19ClFNO/c1-9(8-16-13(2,3)4)17-12-6-5-10(15)7-11(12)14/h5-7,9,16H,8H2,1-4H3. The molecule has 96 valence electrons. The van der Waals surface area contributed by atoms with Crippen molar-refractivity contribution in [2.75, 3.05) is 6.54 Å². The summed E-state index contributed by atoms with van der Waals surface area (Å²) in [7, 11) is 0. The molecule has 0 spiro atoms. The molecule has 0 aromatic heterocycles. The zero-order valence-corrected chi connectivity index (χ0v) is 11.4. The Morgan fingerprint density at radius 3 is 2.59 bits per heavy atom. The summed E-state index contributed by atoms with van der Waals surface area (Å²) in [6.45, 7) is 8.91. The maximum atomic E-state index is 12.8. The largest absolute Gasteiger partial charge is 0.488 e. The molecule has 0 aliphatic heterocycles. The average Bonchev–Trinajstić information content (AvgIpc) is 2.18. The third-order valence-electron chi connectivity index (χ3n) is 2.14. The van der Waals surface area contributed by atoms with E-state index in [9.17, 15) is 4.39 Å². The summed E-state index contributed by atoms with van der Waals surface area (Å²) >= 11 is 5.88. The van der Waals surface area contributed by atoms with Crippen molar-refractivity contribution >= 4 is 11.6 Å². The molecule has 0 saturated carbocycles. The molecule has 0 fully saturated rings. The van der Waals surface area contributed by atoms with Crippen molar-refractivity contribution in [3.05, 3.63) is 29.0 Å². The fourth-order valence-corrected chi connectivity index (χ4v) is 1.49. The molecule has 1 atom stereocenters. The first-order valence-corrected chi connectivity index (χ1v) is 6.02. The van der Waals surface area contributed by atoms with E-state index >= 15 is 0 Å². The van der Waals surface area contributed by atoms with E-state index in [-0.39, 0.29) is 17.5 Å². The Labute approximate surface area is 107 Å². The predicted octanol–water partition coefficient (Wildman–Crippen LogP) is 3.63. The van der Waals surface area contributed by atoms with Gasteiger partial charge in [-0.05, 0) is 45.9 Å². The van der Waals surface area contributed by atoms with Gasteiger partial charge in [-0.2, -0.15) is 0 Å². The van der Waals surface area contributed by atoms with E-state index in [2.05, 4.69) is 26.1 Å². The molecule has 17 heavy (non-hydrogen) atoms. The van der Waals surface area contributed by atoms with Gasteiger partial charge in [0.15, 0.2) is 0 Å². The molecule has 1 rings (SSSR count). The second kappa shape index (κ2) is 5.69. The number of nitrogens with one attached hydrogen (secondary N) is 1. The Morgan fingerprint density at radius 1 is 1.41 bits per heavy atom. The first-order valence-electron chi connectivity index (χ1n) is 5.64. The van der Waals surface area contributed by atoms with Gasteiger partial charge in [-0.3, -0.25) is 0 Å². The number of rotatable bonds is 4. The molecule has 1 unspecified atom stereocenters. The minimum absolute atomic E-state index is 0.0304. The van der Waals surface area contributed by atoms with Crippen molar-refractivity contribution in [1.82, 2.24) is 5.32 Å². The van der Waals surface area contributed by atoms with Gasteiger partial charge in [0.05, 0.1) is 5.02 Å². The van der Waals surface area contributed by atoms with E-state index in [0.717, 1.165) is 0 Å². The summed E-state index contributed by atoms with van der Waals surface area (Å²) < 4.78 is 18.5. The van der Waals surface area contributed by atoms with Crippen molar-refractivity contribution in [2.45, 2.75) is 39.3 Å². The van der Waals surface area contributed by atoms with Crippen molar-refractivity contribution in [1.29, 1.82) is 0 Å². The van der Waals surface area contributed by atoms with Gasteiger partial charge in [-0.15, -0.1) is 0 Å². The van der Waals surface area contributed by atoms with Gasteiger partial charge in [0, 0.05) is 12.1 Å². The Balaban J connectivity index is 2.53. The van der Waals surface area contributed by atoms with Crippen LogP contribution in [0, 0.1) is 5.82 Å². The van der Waals surface area contributed by atoms with E-state index in [1.807, 2.05) is 6.92 Å². The average molecular weight is 260 g/mol. The highest BCUT2D eigenvalue weighted by Crippen LogP contribution is 2.25. The molecule has 0 saturated heterocycles. The van der Waals surface area contributed by atoms with Crippen LogP contribution in [0.5, 0.6) is 5.75 Å². The first-order chi connectivity index (χ1) is 7.78. The third-order valence-corrected chi connectivity index (χ3v) is 2.44. The van der Waals surface area contributed by atoms with E-state index in [0.29, 0.717) is 17.3 Å². The van der Waals surface area contributed by atoms with Crippen LogP contribution in [0.3, 0.4) is 0 Å². The van der Waals surface area contributed by atoms with E-state index in [4.69, 9.17) is 16.3 Å². The highest BCUT2D eigenvalue weighted by Gasteiger charge is 2.13. The predicted molar refractivity (Wildman–Crippen MR) is 69.3 cm³/mol. The van der Waals surface area contributed by atoms with Crippen molar-refractivity contribution in [2.24, 2.45) is 0 Å². The van der Waals surface area contributed by atoms with Crippen molar-refractivity contribution in [3.8, 4) is 5.75 Å². The quantitative estimate of drug-likeness (QED) is 0.892. The van der Waals surface area contributed by atoms with Crippen LogP contribution in [0.2, 0.25) is 5.02 Å². The molecule has 1 aromatic carbocycles. The van der Waals surface area contributed by atoms with Crippen LogP contribution in [0.25, 0.3) is 0 Å². The molecule has 4 heteroatoms. The normalized spacial score (nSPS) is 13.5. The van der Waals surface area contributed by atoms with Gasteiger partial charge in [0.2, 0.25) is 0 Å². The molecule has 0 aliphatic carbocycles. The van der Waals surface area contributed by atoms with Crippen molar-refractivity contribution in [3.63, 3.8) is 0 Å². The molecular weight excluding hydrogens is 241 g/mol. The smallest absolute Gasteiger partial charge is 0.138 e. The lowest BCUT2D eigenvalue weighted by molar-refractivity contribution is 0.203. The van der Waals surface area contributed by atoms with Gasteiger partial charge >= 0.3 is 0 Å². The van der Waals surface area contributed by atoms with Crippen LogP contribution in [0.4, 0.5) is 4.39 Å². The van der Waals surface area contributed by atoms with Gasteiger partial charge in [-0.25, -0.2) is 4.39 Å². The summed E-state index contributed by atoms with van der Waals surface area (Å²) in [4.78, 5) is 0. The van der Waals surface area contributed by atoms with E-state index < -0.39 is 0 Å². The number of ether oxygens (including phenoxy) is 1. The van der Waals surface area contributed by atoms with Crippen LogP contribution in [0.15, 0.2) is 18.2 Å². The maximum absolute atomic E-state index is 12.8. The van der Waals surface area contributed by atoms with Gasteiger partial charge < -0.3 is 10.1 Å². The topological polar surface area (TPSA) is 21.3 Å². The highest BCUT2D eigenvalue weighted by molar-refractivity contribution is 6.32. The van der Waals surface area contributed by atoms with Crippen LogP contribution in [-0.2, 0) is 0 Å². The molecule has 0 amide bonds. The number of halogens is 2. The SMILES string of the molecule is CC(CNC(C)(C)C)Oc1ccc(F)cc1Cl. The number of benzene rings is 1. The number of hydrogen-bond donors (Lipinski definition) is 1. The summed E-state index contributed by atoms with van der Waals surface area (Å²) in [5.41, 5.74) is 0.0458. The summed E-state index contributed by atoms with van der Waals surface area (Å²) in [5.74, 6) is 0.152. The lowest BCUT2D eigenvalue weighted by atomic mass is 10.1. The Kier molecular flexibility index (Phi) is 4.78. The molecular formula is C13H19ClFNO. The molecule has 1 aromatic rings. The van der Waals surface area contributed by atoms with Gasteiger partial charge in [0.25, 0.3) is 0 Å². The second-order valence-electron chi connectivity index (χ2n) is 5.13. The van der Waals surface area contributed by atoms with Gasteiger partial charge in [0.1, 0.15) is 17.7 Å². The summed E-state index contributed by atoms with van der Waals surface area (Å²) in [6, 6.07) is 4.14. The first kappa shape index (κ1) is 14.3. The molecule has 0 heterocycles. The van der Waals surface area contributed by atoms with E-state index in [1.54, 1.807) is 6.07 Å². The summed E-state index contributed by atoms with van der Waals surface area (Å²) in [6.07, 6.45) is -0.0304. The van der Waals surface area contributed by atoms with Crippen LogP contribution >= 0.6 is 11.6 Å². The fraction of sp³-hybridized carbons (Fsp3) is 0.538. The number of hydrogen-bond acceptors (Lipinski definition) is 2. The zero-order valence-electron chi connectivity index (χ0n) is 10.7. The van der Waals surface area contributed by atoms with Crippen LogP contribution < -0.4 is 10.1 Å². The van der Waals surface area contributed by atoms with Gasteiger partial charge in [-0.1, -0.05) is 11.6 Å². The lowest BCUT2D eigenvalue weighted by Gasteiger charge is -2.24. The molecule has 1 N–H and O–H groups in total. The van der Waals surface area contributed by atoms with E-state index in [1.165, 1.54) is 12.1 Å². The fourth-order valence-electron chi connectivity index (χ4n) is 1.28. The second-order valence-corrected chi connectivity index (χ2v) is 5.54. The highest BCUT2D eigenvalue weighted by atomic mass is 35.5. The molecule has 2 nitrogen and oxygen atoms in total. The summed E-state index contributed by atoms with van der Waals surface area (Å²) in [5, 5.41) is 3.63. The minimum atomic E-state index is -0.359. The molecule has 0 bridgehead atoms. The Bertz CT molecular complexity index is 376. The minimum Gasteiger partial charge on any atom is -0.488 e. The van der Waals surface area contributed by atoms with Crippen LogP contribution in [-0.4, -0.2) is 18.2 Å². The molecule has 0 aliphatic rings. The molecule has 0 radical (unpaired) electrons. The third kappa shape index (κ3) is 5.37. The monoisotopic (exact) mass is 259 g/mol. The van der Waals surface area contributed by atoms with Crippen LogP contribution in [0.1, 0.15) is 27.7 Å². The Morgan fingerprint density at radius 2 is 2.06 bits per heavy atom. The maximum Gasteiger partial charge on any atom is 0.138 e. The zero-order chi connectivity index (χ0) is 13.1.